The summed E-state index contributed by atoms with van der Waals surface area (Å²) in [5.41, 5.74) is 7.80. The van der Waals surface area contributed by atoms with Crippen molar-refractivity contribution in [2.45, 2.75) is 18.5 Å². The first-order valence-corrected chi connectivity index (χ1v) is 12.7. The molecule has 8 heteroatoms. The molecule has 3 aromatic rings. The molecule has 0 aliphatic rings. The molecule has 0 spiro atoms. The first kappa shape index (κ1) is 25.0. The number of nitrogens with two attached hydrogens (primary N) is 1. The Morgan fingerprint density at radius 2 is 1.82 bits per heavy atom. The molecule has 1 amide bonds. The van der Waals surface area contributed by atoms with E-state index >= 15 is 0 Å². The third-order valence-corrected chi connectivity index (χ3v) is 6.46. The predicted molar refractivity (Wildman–Crippen MR) is 142 cm³/mol. The van der Waals surface area contributed by atoms with Gasteiger partial charge in [-0.2, -0.15) is 24.4 Å². The van der Waals surface area contributed by atoms with Crippen LogP contribution in [0.4, 0.5) is 11.4 Å². The standard InChI is InChI=1S/C25H29N3O3S2/c1-33-12-11-23(25(30)31)28(24(29)17-7-3-2-4-8-17)20-13-18-9-5-6-10-21(18)22(14-20)27-15-19(26)16-32/h2-10,13-14,19,23,27,32H,11-12,15-16,26H2,1H3,(H,30,31)/t19?,23-/m0/s1. The second kappa shape index (κ2) is 12.0. The van der Waals surface area contributed by atoms with Crippen molar-refractivity contribution in [3.63, 3.8) is 0 Å². The van der Waals surface area contributed by atoms with Crippen LogP contribution in [-0.4, -0.2) is 53.4 Å². The zero-order valence-electron chi connectivity index (χ0n) is 18.5. The van der Waals surface area contributed by atoms with Crippen molar-refractivity contribution in [1.82, 2.24) is 0 Å². The predicted octanol–water partition coefficient (Wildman–Crippen LogP) is 4.36. The van der Waals surface area contributed by atoms with Gasteiger partial charge in [0, 0.05) is 40.7 Å². The van der Waals surface area contributed by atoms with E-state index in [4.69, 9.17) is 5.73 Å². The van der Waals surface area contributed by atoms with Crippen molar-refractivity contribution in [1.29, 1.82) is 0 Å². The third-order valence-electron chi connectivity index (χ3n) is 5.35. The van der Waals surface area contributed by atoms with Gasteiger partial charge in [0.05, 0.1) is 0 Å². The Kier molecular flexibility index (Phi) is 9.05. The lowest BCUT2D eigenvalue weighted by atomic mass is 10.0. The Labute approximate surface area is 203 Å². The van der Waals surface area contributed by atoms with E-state index in [9.17, 15) is 14.7 Å². The molecule has 0 saturated carbocycles. The van der Waals surface area contributed by atoms with Crippen LogP contribution in [0.5, 0.6) is 0 Å². The summed E-state index contributed by atoms with van der Waals surface area (Å²) in [6.45, 7) is 0.498. The van der Waals surface area contributed by atoms with E-state index in [1.165, 1.54) is 4.90 Å². The second-order valence-electron chi connectivity index (χ2n) is 7.71. The van der Waals surface area contributed by atoms with E-state index in [0.717, 1.165) is 16.5 Å². The first-order valence-electron chi connectivity index (χ1n) is 10.7. The van der Waals surface area contributed by atoms with Crippen LogP contribution in [-0.2, 0) is 4.79 Å². The number of carbonyl (C=O) groups is 2. The third kappa shape index (κ3) is 6.22. The number of aliphatic carboxylic acids is 1. The minimum absolute atomic E-state index is 0.147. The van der Waals surface area contributed by atoms with Crippen molar-refractivity contribution in [2.75, 3.05) is 34.5 Å². The molecular formula is C25H29N3O3S2. The number of amides is 1. The Morgan fingerprint density at radius 3 is 2.48 bits per heavy atom. The summed E-state index contributed by atoms with van der Waals surface area (Å²) in [5.74, 6) is -0.241. The molecule has 2 atom stereocenters. The van der Waals surface area contributed by atoms with Crippen LogP contribution in [0.3, 0.4) is 0 Å². The van der Waals surface area contributed by atoms with Gasteiger partial charge >= 0.3 is 5.97 Å². The van der Waals surface area contributed by atoms with Gasteiger partial charge in [-0.05, 0) is 48.1 Å². The lowest BCUT2D eigenvalue weighted by molar-refractivity contribution is -0.138. The SMILES string of the molecule is CSCC[C@@H](C(=O)O)N(C(=O)c1ccccc1)c1cc(NCC(N)CS)c2ccccc2c1. The van der Waals surface area contributed by atoms with Gasteiger partial charge in [-0.1, -0.05) is 42.5 Å². The number of thioether (sulfide) groups is 1. The lowest BCUT2D eigenvalue weighted by Gasteiger charge is -2.30. The number of benzene rings is 3. The number of anilines is 2. The summed E-state index contributed by atoms with van der Waals surface area (Å²) in [6.07, 6.45) is 2.25. The van der Waals surface area contributed by atoms with E-state index in [1.54, 1.807) is 36.0 Å². The van der Waals surface area contributed by atoms with Gasteiger partial charge in [0.25, 0.3) is 5.91 Å². The lowest BCUT2D eigenvalue weighted by Crippen LogP contribution is -2.46. The van der Waals surface area contributed by atoms with Gasteiger partial charge in [0.1, 0.15) is 6.04 Å². The summed E-state index contributed by atoms with van der Waals surface area (Å²) in [4.78, 5) is 27.3. The highest BCUT2D eigenvalue weighted by atomic mass is 32.2. The topological polar surface area (TPSA) is 95.7 Å². The number of nitrogens with one attached hydrogen (secondary N) is 1. The Bertz CT molecular complexity index is 1090. The van der Waals surface area contributed by atoms with Crippen LogP contribution in [0.15, 0.2) is 66.7 Å². The van der Waals surface area contributed by atoms with Gasteiger partial charge in [-0.25, -0.2) is 4.79 Å². The normalized spacial score (nSPS) is 12.8. The molecule has 0 aliphatic carbocycles. The molecule has 1 unspecified atom stereocenters. The molecule has 33 heavy (non-hydrogen) atoms. The quantitative estimate of drug-likeness (QED) is 0.303. The number of hydrogen-bond donors (Lipinski definition) is 4. The molecule has 174 valence electrons. The molecule has 6 nitrogen and oxygen atoms in total. The number of rotatable bonds is 11. The van der Waals surface area contributed by atoms with Crippen molar-refractivity contribution >= 4 is 58.4 Å². The monoisotopic (exact) mass is 483 g/mol. The fraction of sp³-hybridized carbons (Fsp3) is 0.280. The number of fused-ring (bicyclic) bond motifs is 1. The van der Waals surface area contributed by atoms with Crippen LogP contribution in [0.1, 0.15) is 16.8 Å². The molecule has 0 aromatic heterocycles. The molecule has 0 bridgehead atoms. The average molecular weight is 484 g/mol. The molecule has 4 N–H and O–H groups in total. The maximum Gasteiger partial charge on any atom is 0.326 e. The minimum atomic E-state index is -1.03. The van der Waals surface area contributed by atoms with Gasteiger partial charge in [0.15, 0.2) is 0 Å². The highest BCUT2D eigenvalue weighted by Crippen LogP contribution is 2.33. The average Bonchev–Trinajstić information content (AvgIpc) is 2.84. The van der Waals surface area contributed by atoms with E-state index in [0.29, 0.717) is 35.7 Å². The maximum absolute atomic E-state index is 13.6. The molecule has 0 saturated heterocycles. The van der Waals surface area contributed by atoms with Crippen LogP contribution >= 0.6 is 24.4 Å². The number of hydrogen-bond acceptors (Lipinski definition) is 6. The Hall–Kier alpha value is -2.68. The van der Waals surface area contributed by atoms with E-state index < -0.39 is 12.0 Å². The fourth-order valence-electron chi connectivity index (χ4n) is 3.64. The highest BCUT2D eigenvalue weighted by molar-refractivity contribution is 7.98. The number of carbonyl (C=O) groups excluding carboxylic acids is 1. The molecule has 3 rings (SSSR count). The van der Waals surface area contributed by atoms with Gasteiger partial charge in [-0.3, -0.25) is 9.69 Å². The zero-order valence-corrected chi connectivity index (χ0v) is 20.2. The van der Waals surface area contributed by atoms with Crippen molar-refractivity contribution in [2.24, 2.45) is 5.73 Å². The van der Waals surface area contributed by atoms with Crippen LogP contribution < -0.4 is 16.0 Å². The molecule has 0 aliphatic heterocycles. The summed E-state index contributed by atoms with van der Waals surface area (Å²) in [6, 6.07) is 19.1. The van der Waals surface area contributed by atoms with E-state index in [-0.39, 0.29) is 11.9 Å². The molecule has 0 radical (unpaired) electrons. The van der Waals surface area contributed by atoms with Crippen LogP contribution in [0.25, 0.3) is 10.8 Å². The smallest absolute Gasteiger partial charge is 0.326 e. The summed E-state index contributed by atoms with van der Waals surface area (Å²) < 4.78 is 0. The van der Waals surface area contributed by atoms with Crippen molar-refractivity contribution < 1.29 is 14.7 Å². The molecule has 0 fully saturated rings. The molecule has 3 aromatic carbocycles. The van der Waals surface area contributed by atoms with Crippen LogP contribution in [0.2, 0.25) is 0 Å². The number of carboxylic acids is 1. The van der Waals surface area contributed by atoms with Crippen LogP contribution in [0, 0.1) is 0 Å². The van der Waals surface area contributed by atoms with E-state index in [2.05, 4.69) is 17.9 Å². The van der Waals surface area contributed by atoms with Crippen molar-refractivity contribution in [3.05, 3.63) is 72.3 Å². The Morgan fingerprint density at radius 1 is 1.12 bits per heavy atom. The van der Waals surface area contributed by atoms with E-state index in [1.807, 2.05) is 48.7 Å². The molecular weight excluding hydrogens is 454 g/mol. The van der Waals surface area contributed by atoms with Gasteiger partial charge in [-0.15, -0.1) is 0 Å². The summed E-state index contributed by atoms with van der Waals surface area (Å²) >= 11 is 5.80. The Balaban J connectivity index is 2.14. The highest BCUT2D eigenvalue weighted by Gasteiger charge is 2.32. The van der Waals surface area contributed by atoms with Gasteiger partial charge < -0.3 is 16.2 Å². The largest absolute Gasteiger partial charge is 0.480 e. The zero-order chi connectivity index (χ0) is 23.8. The van der Waals surface area contributed by atoms with Crippen molar-refractivity contribution in [3.8, 4) is 0 Å². The minimum Gasteiger partial charge on any atom is -0.480 e. The summed E-state index contributed by atoms with van der Waals surface area (Å²) in [7, 11) is 0. The van der Waals surface area contributed by atoms with Gasteiger partial charge in [0.2, 0.25) is 0 Å². The number of nitrogens with zero attached hydrogens (tertiary/aromatic N) is 1. The summed E-state index contributed by atoms with van der Waals surface area (Å²) in [5, 5.41) is 15.3. The second-order valence-corrected chi connectivity index (χ2v) is 9.07. The maximum atomic E-state index is 13.6. The number of carboxylic acid groups (broad SMARTS) is 1. The molecule has 0 heterocycles. The fourth-order valence-corrected chi connectivity index (χ4v) is 4.22. The first-order chi connectivity index (χ1) is 16.0. The number of thiol groups is 1.